The zero-order chi connectivity index (χ0) is 15.3. The Morgan fingerprint density at radius 2 is 1.95 bits per heavy atom. The first-order valence-electron chi connectivity index (χ1n) is 6.26. The summed E-state index contributed by atoms with van der Waals surface area (Å²) in [4.78, 5) is 24.0. The predicted molar refractivity (Wildman–Crippen MR) is 69.2 cm³/mol. The van der Waals surface area contributed by atoms with Crippen LogP contribution >= 0.6 is 0 Å². The third kappa shape index (κ3) is 4.60. The molecule has 1 aromatic rings. The highest BCUT2D eigenvalue weighted by atomic mass is 19.1. The molecule has 1 aromatic carbocycles. The van der Waals surface area contributed by atoms with Crippen LogP contribution in [0.5, 0.6) is 0 Å². The van der Waals surface area contributed by atoms with Crippen LogP contribution in [0.3, 0.4) is 0 Å². The second-order valence-electron chi connectivity index (χ2n) is 4.74. The summed E-state index contributed by atoms with van der Waals surface area (Å²) in [7, 11) is 0. The van der Waals surface area contributed by atoms with Crippen LogP contribution in [0.1, 0.15) is 25.8 Å². The van der Waals surface area contributed by atoms with Gasteiger partial charge < -0.3 is 10.0 Å². The summed E-state index contributed by atoms with van der Waals surface area (Å²) in [6, 6.07) is 2.84. The number of carboxylic acids is 1. The molecule has 6 heteroatoms. The number of benzene rings is 1. The maximum atomic E-state index is 13.5. The van der Waals surface area contributed by atoms with Gasteiger partial charge in [0.05, 0.1) is 12.8 Å². The SMILES string of the molecule is CC(C)N(CCC(=O)O)C(=O)Cc1ccc(F)cc1F. The van der Waals surface area contributed by atoms with Crippen LogP contribution in [0.25, 0.3) is 0 Å². The molecule has 0 saturated heterocycles. The number of halogens is 2. The topological polar surface area (TPSA) is 57.6 Å². The third-order valence-corrected chi connectivity index (χ3v) is 2.87. The van der Waals surface area contributed by atoms with Crippen LogP contribution in [0.15, 0.2) is 18.2 Å². The first-order chi connectivity index (χ1) is 9.31. The van der Waals surface area contributed by atoms with E-state index in [0.29, 0.717) is 0 Å². The van der Waals surface area contributed by atoms with Crippen molar-refractivity contribution < 1.29 is 23.5 Å². The zero-order valence-corrected chi connectivity index (χ0v) is 11.4. The van der Waals surface area contributed by atoms with Gasteiger partial charge in [0.2, 0.25) is 5.91 Å². The summed E-state index contributed by atoms with van der Waals surface area (Å²) in [5.41, 5.74) is 0.0948. The Hall–Kier alpha value is -1.98. The van der Waals surface area contributed by atoms with Gasteiger partial charge in [0.25, 0.3) is 0 Å². The van der Waals surface area contributed by atoms with E-state index in [-0.39, 0.29) is 36.9 Å². The molecule has 0 heterocycles. The Bertz CT molecular complexity index is 503. The lowest BCUT2D eigenvalue weighted by Gasteiger charge is -2.26. The van der Waals surface area contributed by atoms with Crippen LogP contribution < -0.4 is 0 Å². The molecular formula is C14H17F2NO3. The summed E-state index contributed by atoms with van der Waals surface area (Å²) in [6.45, 7) is 3.57. The van der Waals surface area contributed by atoms with Gasteiger partial charge in [0.1, 0.15) is 11.6 Å². The molecule has 0 aliphatic rings. The first-order valence-corrected chi connectivity index (χ1v) is 6.26. The van der Waals surface area contributed by atoms with E-state index in [1.165, 1.54) is 11.0 Å². The average Bonchev–Trinajstić information content (AvgIpc) is 2.32. The third-order valence-electron chi connectivity index (χ3n) is 2.87. The van der Waals surface area contributed by atoms with E-state index in [2.05, 4.69) is 0 Å². The smallest absolute Gasteiger partial charge is 0.305 e. The number of amides is 1. The fourth-order valence-electron chi connectivity index (χ4n) is 1.82. The molecule has 0 aliphatic heterocycles. The molecule has 0 spiro atoms. The van der Waals surface area contributed by atoms with Gasteiger partial charge in [-0.25, -0.2) is 8.78 Å². The average molecular weight is 285 g/mol. The first kappa shape index (κ1) is 16.1. The van der Waals surface area contributed by atoms with Crippen LogP contribution in [0.2, 0.25) is 0 Å². The minimum absolute atomic E-state index is 0.0641. The Morgan fingerprint density at radius 1 is 1.30 bits per heavy atom. The molecule has 0 atom stereocenters. The number of rotatable bonds is 6. The van der Waals surface area contributed by atoms with Crippen molar-refractivity contribution in [1.82, 2.24) is 4.90 Å². The number of hydrogen-bond donors (Lipinski definition) is 1. The molecule has 0 aromatic heterocycles. The van der Waals surface area contributed by atoms with Crippen molar-refractivity contribution in [3.63, 3.8) is 0 Å². The molecule has 0 radical (unpaired) electrons. The van der Waals surface area contributed by atoms with Gasteiger partial charge in [-0.05, 0) is 25.5 Å². The van der Waals surface area contributed by atoms with E-state index in [1.807, 2.05) is 0 Å². The van der Waals surface area contributed by atoms with E-state index in [1.54, 1.807) is 13.8 Å². The summed E-state index contributed by atoms with van der Waals surface area (Å²) in [5.74, 6) is -2.87. The van der Waals surface area contributed by atoms with Crippen molar-refractivity contribution in [3.8, 4) is 0 Å². The van der Waals surface area contributed by atoms with Crippen LogP contribution in [0.4, 0.5) is 8.78 Å². The maximum Gasteiger partial charge on any atom is 0.305 e. The van der Waals surface area contributed by atoms with Gasteiger partial charge >= 0.3 is 5.97 Å². The second-order valence-corrected chi connectivity index (χ2v) is 4.74. The van der Waals surface area contributed by atoms with Crippen molar-refractivity contribution in [2.24, 2.45) is 0 Å². The Balaban J connectivity index is 2.77. The van der Waals surface area contributed by atoms with Gasteiger partial charge in [-0.1, -0.05) is 6.07 Å². The van der Waals surface area contributed by atoms with Crippen molar-refractivity contribution in [2.75, 3.05) is 6.54 Å². The van der Waals surface area contributed by atoms with Crippen LogP contribution in [-0.4, -0.2) is 34.5 Å². The Kier molecular flexibility index (Phi) is 5.61. The van der Waals surface area contributed by atoms with Gasteiger partial charge in [-0.2, -0.15) is 0 Å². The lowest BCUT2D eigenvalue weighted by Crippen LogP contribution is -2.39. The van der Waals surface area contributed by atoms with Crippen LogP contribution in [0, 0.1) is 11.6 Å². The quantitative estimate of drug-likeness (QED) is 0.872. The number of hydrogen-bond acceptors (Lipinski definition) is 2. The molecule has 0 aliphatic carbocycles. The van der Waals surface area contributed by atoms with Crippen molar-refractivity contribution in [2.45, 2.75) is 32.7 Å². The van der Waals surface area contributed by atoms with E-state index < -0.39 is 17.6 Å². The largest absolute Gasteiger partial charge is 0.481 e. The highest BCUT2D eigenvalue weighted by molar-refractivity contribution is 5.79. The molecule has 110 valence electrons. The molecule has 1 amide bonds. The number of aliphatic carboxylic acids is 1. The number of carbonyl (C=O) groups is 2. The summed E-state index contributed by atoms with van der Waals surface area (Å²) >= 11 is 0. The Morgan fingerprint density at radius 3 is 2.45 bits per heavy atom. The van der Waals surface area contributed by atoms with E-state index >= 15 is 0 Å². The van der Waals surface area contributed by atoms with E-state index in [4.69, 9.17) is 5.11 Å². The molecule has 0 saturated carbocycles. The highest BCUT2D eigenvalue weighted by Crippen LogP contribution is 2.12. The van der Waals surface area contributed by atoms with Gasteiger partial charge in [-0.3, -0.25) is 9.59 Å². The molecule has 0 bridgehead atoms. The second kappa shape index (κ2) is 6.98. The fraction of sp³-hybridized carbons (Fsp3) is 0.429. The Labute approximate surface area is 116 Å². The maximum absolute atomic E-state index is 13.5. The van der Waals surface area contributed by atoms with Crippen molar-refractivity contribution in [3.05, 3.63) is 35.4 Å². The van der Waals surface area contributed by atoms with Crippen molar-refractivity contribution in [1.29, 1.82) is 0 Å². The van der Waals surface area contributed by atoms with Gasteiger partial charge in [0, 0.05) is 18.7 Å². The molecule has 0 fully saturated rings. The summed E-state index contributed by atoms with van der Waals surface area (Å²) in [5, 5.41) is 8.65. The minimum atomic E-state index is -1.00. The van der Waals surface area contributed by atoms with Crippen molar-refractivity contribution >= 4 is 11.9 Å². The zero-order valence-electron chi connectivity index (χ0n) is 11.4. The number of nitrogens with zero attached hydrogens (tertiary/aromatic N) is 1. The molecule has 4 nitrogen and oxygen atoms in total. The van der Waals surface area contributed by atoms with Crippen LogP contribution in [-0.2, 0) is 16.0 Å². The summed E-state index contributed by atoms with van der Waals surface area (Å²) in [6.07, 6.45) is -0.389. The monoisotopic (exact) mass is 285 g/mol. The highest BCUT2D eigenvalue weighted by Gasteiger charge is 2.19. The van der Waals surface area contributed by atoms with E-state index in [0.717, 1.165) is 12.1 Å². The molecule has 1 rings (SSSR count). The number of carbonyl (C=O) groups excluding carboxylic acids is 1. The number of carboxylic acid groups (broad SMARTS) is 1. The van der Waals surface area contributed by atoms with Gasteiger partial charge in [0.15, 0.2) is 0 Å². The predicted octanol–water partition coefficient (Wildman–Crippen LogP) is 2.22. The molecule has 0 unspecified atom stereocenters. The fourth-order valence-corrected chi connectivity index (χ4v) is 1.82. The van der Waals surface area contributed by atoms with Gasteiger partial charge in [-0.15, -0.1) is 0 Å². The summed E-state index contributed by atoms with van der Waals surface area (Å²) < 4.78 is 26.3. The lowest BCUT2D eigenvalue weighted by atomic mass is 10.1. The standard InChI is InChI=1S/C14H17F2NO3/c1-9(2)17(6-5-14(19)20)13(18)7-10-3-4-11(15)8-12(10)16/h3-4,8-9H,5-7H2,1-2H3,(H,19,20). The normalized spacial score (nSPS) is 10.7. The molecule has 20 heavy (non-hydrogen) atoms. The van der Waals surface area contributed by atoms with E-state index in [9.17, 15) is 18.4 Å². The minimum Gasteiger partial charge on any atom is -0.481 e. The molecular weight excluding hydrogens is 268 g/mol. The molecule has 1 N–H and O–H groups in total. The lowest BCUT2D eigenvalue weighted by molar-refractivity contribution is -0.139.